The molecule has 4 aromatic rings. The van der Waals surface area contributed by atoms with Crippen LogP contribution in [0.1, 0.15) is 28.4 Å². The van der Waals surface area contributed by atoms with E-state index in [0.717, 1.165) is 16.8 Å². The summed E-state index contributed by atoms with van der Waals surface area (Å²) in [7, 11) is 0. The minimum atomic E-state index is -0.426. The summed E-state index contributed by atoms with van der Waals surface area (Å²) in [5.41, 5.74) is 4.61. The van der Waals surface area contributed by atoms with Crippen molar-refractivity contribution >= 4 is 17.5 Å². The number of thioether (sulfide) groups is 1. The van der Waals surface area contributed by atoms with Gasteiger partial charge >= 0.3 is 0 Å². The molecule has 31 heavy (non-hydrogen) atoms. The number of benzene rings is 2. The summed E-state index contributed by atoms with van der Waals surface area (Å²) in [5, 5.41) is 8.99. The second-order valence-electron chi connectivity index (χ2n) is 7.28. The first kappa shape index (κ1) is 20.9. The lowest BCUT2D eigenvalue weighted by molar-refractivity contribution is 0.0994. The Balaban J connectivity index is 1.73. The number of aromatic nitrogens is 4. The molecule has 0 bridgehead atoms. The molecule has 4 rings (SSSR count). The van der Waals surface area contributed by atoms with E-state index in [-0.39, 0.29) is 11.6 Å². The van der Waals surface area contributed by atoms with Gasteiger partial charge in [-0.3, -0.25) is 14.3 Å². The number of rotatable bonds is 6. The van der Waals surface area contributed by atoms with E-state index in [1.165, 1.54) is 41.6 Å². The molecule has 0 saturated carbocycles. The van der Waals surface area contributed by atoms with E-state index < -0.39 is 5.25 Å². The van der Waals surface area contributed by atoms with Gasteiger partial charge in [0.1, 0.15) is 5.82 Å². The van der Waals surface area contributed by atoms with Crippen LogP contribution in [-0.2, 0) is 0 Å². The zero-order valence-corrected chi connectivity index (χ0v) is 18.2. The number of carbonyl (C=O) groups excluding carboxylic acids is 1. The molecule has 1 unspecified atom stereocenters. The van der Waals surface area contributed by atoms with Crippen molar-refractivity contribution in [3.8, 4) is 17.1 Å². The van der Waals surface area contributed by atoms with Gasteiger partial charge in [-0.05, 0) is 80.4 Å². The van der Waals surface area contributed by atoms with E-state index in [9.17, 15) is 9.18 Å². The first-order valence-corrected chi connectivity index (χ1v) is 10.7. The second-order valence-corrected chi connectivity index (χ2v) is 8.59. The fourth-order valence-corrected chi connectivity index (χ4v) is 4.14. The van der Waals surface area contributed by atoms with E-state index in [2.05, 4.69) is 41.2 Å². The lowest BCUT2D eigenvalue weighted by Gasteiger charge is -2.14. The lowest BCUT2D eigenvalue weighted by atomic mass is 10.1. The number of aryl methyl sites for hydroxylation is 2. The number of halogens is 1. The average molecular weight is 433 g/mol. The maximum Gasteiger partial charge on any atom is 0.196 e. The molecule has 2 aromatic heterocycles. The fraction of sp³-hybridized carbons (Fsp3) is 0.167. The molecule has 0 aliphatic carbocycles. The van der Waals surface area contributed by atoms with E-state index in [1.807, 2.05) is 29.7 Å². The number of ketones is 1. The van der Waals surface area contributed by atoms with Gasteiger partial charge in [0.05, 0.1) is 10.9 Å². The van der Waals surface area contributed by atoms with Crippen LogP contribution < -0.4 is 0 Å². The van der Waals surface area contributed by atoms with Gasteiger partial charge in [-0.2, -0.15) is 0 Å². The number of Topliss-reactive ketones (excluding diaryl/α,β-unsaturated/α-hetero) is 1. The molecule has 1 atom stereocenters. The van der Waals surface area contributed by atoms with E-state index >= 15 is 0 Å². The zero-order valence-electron chi connectivity index (χ0n) is 17.4. The van der Waals surface area contributed by atoms with Gasteiger partial charge in [-0.25, -0.2) is 4.39 Å². The summed E-state index contributed by atoms with van der Waals surface area (Å²) in [6.45, 7) is 5.94. The van der Waals surface area contributed by atoms with Crippen LogP contribution in [0.3, 0.4) is 0 Å². The van der Waals surface area contributed by atoms with E-state index in [1.54, 1.807) is 12.4 Å². The summed E-state index contributed by atoms with van der Waals surface area (Å²) in [5.74, 6) is 0.216. The highest BCUT2D eigenvalue weighted by molar-refractivity contribution is 8.00. The smallest absolute Gasteiger partial charge is 0.196 e. The molecule has 2 heterocycles. The van der Waals surface area contributed by atoms with Gasteiger partial charge in [-0.15, -0.1) is 10.2 Å². The number of pyridine rings is 1. The first-order chi connectivity index (χ1) is 14.9. The molecule has 7 heteroatoms. The van der Waals surface area contributed by atoms with Gasteiger partial charge in [0.25, 0.3) is 0 Å². The second kappa shape index (κ2) is 8.81. The molecule has 0 aliphatic heterocycles. The Morgan fingerprint density at radius 1 is 0.968 bits per heavy atom. The molecule has 0 spiro atoms. The van der Waals surface area contributed by atoms with Gasteiger partial charge in [-0.1, -0.05) is 17.8 Å². The third-order valence-corrected chi connectivity index (χ3v) is 6.14. The molecule has 0 radical (unpaired) electrons. The van der Waals surface area contributed by atoms with Crippen molar-refractivity contribution in [1.29, 1.82) is 0 Å². The normalized spacial score (nSPS) is 12.0. The van der Waals surface area contributed by atoms with Crippen molar-refractivity contribution in [2.24, 2.45) is 0 Å². The van der Waals surface area contributed by atoms with Crippen molar-refractivity contribution in [3.05, 3.63) is 89.5 Å². The van der Waals surface area contributed by atoms with E-state index in [0.29, 0.717) is 16.5 Å². The minimum absolute atomic E-state index is 0.0925. The molecular weight excluding hydrogens is 411 g/mol. The molecule has 0 fully saturated rings. The summed E-state index contributed by atoms with van der Waals surface area (Å²) in [4.78, 5) is 17.0. The maximum atomic E-state index is 13.2. The molecule has 2 aromatic carbocycles. The SMILES string of the molecule is Cc1ccc(-n2c(SC(C)C(=O)c3ccc(F)cc3)nnc2-c2ccncc2)cc1C. The minimum Gasteiger partial charge on any atom is -0.293 e. The molecule has 0 amide bonds. The summed E-state index contributed by atoms with van der Waals surface area (Å²) >= 11 is 1.33. The Bertz CT molecular complexity index is 1220. The Labute approximate surface area is 184 Å². The number of carbonyl (C=O) groups is 1. The van der Waals surface area contributed by atoms with E-state index in [4.69, 9.17) is 0 Å². The van der Waals surface area contributed by atoms with Crippen LogP contribution in [-0.4, -0.2) is 30.8 Å². The fourth-order valence-electron chi connectivity index (χ4n) is 3.19. The molecule has 0 aliphatic rings. The first-order valence-electron chi connectivity index (χ1n) is 9.84. The predicted octanol–water partition coefficient (Wildman–Crippen LogP) is 5.45. The Morgan fingerprint density at radius 3 is 2.35 bits per heavy atom. The number of hydrogen-bond donors (Lipinski definition) is 0. The monoisotopic (exact) mass is 432 g/mol. The highest BCUT2D eigenvalue weighted by atomic mass is 32.2. The van der Waals surface area contributed by atoms with Crippen molar-refractivity contribution in [3.63, 3.8) is 0 Å². The molecular formula is C24H21FN4OS. The maximum absolute atomic E-state index is 13.2. The summed E-state index contributed by atoms with van der Waals surface area (Å²) in [6.07, 6.45) is 3.42. The Morgan fingerprint density at radius 2 is 1.68 bits per heavy atom. The molecule has 0 saturated heterocycles. The van der Waals surface area contributed by atoms with Crippen LogP contribution in [0, 0.1) is 19.7 Å². The molecule has 156 valence electrons. The van der Waals surface area contributed by atoms with Crippen LogP contribution in [0.5, 0.6) is 0 Å². The Hall–Kier alpha value is -3.32. The van der Waals surface area contributed by atoms with Crippen LogP contribution in [0.4, 0.5) is 4.39 Å². The van der Waals surface area contributed by atoms with Crippen LogP contribution in [0.15, 0.2) is 72.1 Å². The van der Waals surface area contributed by atoms with Gasteiger partial charge in [0, 0.05) is 23.5 Å². The van der Waals surface area contributed by atoms with Crippen molar-refractivity contribution < 1.29 is 9.18 Å². The molecule has 0 N–H and O–H groups in total. The van der Waals surface area contributed by atoms with Gasteiger partial charge in [0.2, 0.25) is 0 Å². The van der Waals surface area contributed by atoms with Crippen LogP contribution in [0.25, 0.3) is 17.1 Å². The molecule has 5 nitrogen and oxygen atoms in total. The van der Waals surface area contributed by atoms with Gasteiger partial charge in [0.15, 0.2) is 16.8 Å². The quantitative estimate of drug-likeness (QED) is 0.300. The van der Waals surface area contributed by atoms with Crippen molar-refractivity contribution in [2.45, 2.75) is 31.2 Å². The number of nitrogens with zero attached hydrogens (tertiary/aromatic N) is 4. The number of hydrogen-bond acceptors (Lipinski definition) is 5. The predicted molar refractivity (Wildman–Crippen MR) is 120 cm³/mol. The average Bonchev–Trinajstić information content (AvgIpc) is 3.19. The topological polar surface area (TPSA) is 60.7 Å². The largest absolute Gasteiger partial charge is 0.293 e. The third kappa shape index (κ3) is 4.41. The van der Waals surface area contributed by atoms with Gasteiger partial charge < -0.3 is 0 Å². The Kier molecular flexibility index (Phi) is 5.95. The van der Waals surface area contributed by atoms with Crippen LogP contribution >= 0.6 is 11.8 Å². The van der Waals surface area contributed by atoms with Crippen LogP contribution in [0.2, 0.25) is 0 Å². The standard InChI is InChI=1S/C24H21FN4OS/c1-15-4-9-21(14-16(15)2)29-23(19-10-12-26-13-11-19)27-28-24(29)31-17(3)22(30)18-5-7-20(25)8-6-18/h4-14,17H,1-3H3. The highest BCUT2D eigenvalue weighted by Crippen LogP contribution is 2.31. The highest BCUT2D eigenvalue weighted by Gasteiger charge is 2.23. The summed E-state index contributed by atoms with van der Waals surface area (Å²) < 4.78 is 15.2. The van der Waals surface area contributed by atoms with Crippen molar-refractivity contribution in [1.82, 2.24) is 19.7 Å². The third-order valence-electron chi connectivity index (χ3n) is 5.10. The zero-order chi connectivity index (χ0) is 22.0. The lowest BCUT2D eigenvalue weighted by Crippen LogP contribution is -2.14. The van der Waals surface area contributed by atoms with Crippen molar-refractivity contribution in [2.75, 3.05) is 0 Å². The summed E-state index contributed by atoms with van der Waals surface area (Å²) in [6, 6.07) is 15.5.